The van der Waals surface area contributed by atoms with Gasteiger partial charge in [0.05, 0.1) is 18.8 Å². The summed E-state index contributed by atoms with van der Waals surface area (Å²) in [6.07, 6.45) is 3.22. The summed E-state index contributed by atoms with van der Waals surface area (Å²) in [6.45, 7) is 5.01. The lowest BCUT2D eigenvalue weighted by atomic mass is 10.0. The molecule has 0 spiro atoms. The van der Waals surface area contributed by atoms with E-state index in [0.717, 1.165) is 23.6 Å². The zero-order valence-electron chi connectivity index (χ0n) is 15.9. The minimum absolute atomic E-state index is 0.0547. The SMILES string of the molecule is CCCOc1ccc(NC(=O)CC(C)CC(=O)NCc2ccccn2)cc1. The van der Waals surface area contributed by atoms with Gasteiger partial charge < -0.3 is 15.4 Å². The molecular formula is C21H27N3O3. The Morgan fingerprint density at radius 2 is 1.81 bits per heavy atom. The van der Waals surface area contributed by atoms with Gasteiger partial charge in [-0.15, -0.1) is 0 Å². The van der Waals surface area contributed by atoms with E-state index >= 15 is 0 Å². The monoisotopic (exact) mass is 369 g/mol. The standard InChI is InChI=1S/C21H27N3O3/c1-3-12-27-19-9-7-17(8-10-19)24-21(26)14-16(2)13-20(25)23-15-18-6-4-5-11-22-18/h4-11,16H,3,12-15H2,1-2H3,(H,23,25)(H,24,26). The zero-order chi connectivity index (χ0) is 19.5. The molecule has 2 amide bonds. The van der Waals surface area contributed by atoms with Crippen LogP contribution in [0.25, 0.3) is 0 Å². The van der Waals surface area contributed by atoms with Crippen LogP contribution in [-0.4, -0.2) is 23.4 Å². The van der Waals surface area contributed by atoms with E-state index in [9.17, 15) is 9.59 Å². The molecule has 1 heterocycles. The topological polar surface area (TPSA) is 80.3 Å². The number of anilines is 1. The number of pyridine rings is 1. The van der Waals surface area contributed by atoms with Crippen molar-refractivity contribution in [1.82, 2.24) is 10.3 Å². The summed E-state index contributed by atoms with van der Waals surface area (Å²) >= 11 is 0. The molecule has 0 saturated heterocycles. The van der Waals surface area contributed by atoms with Crippen LogP contribution in [0.5, 0.6) is 5.75 Å². The summed E-state index contributed by atoms with van der Waals surface area (Å²) in [5.41, 5.74) is 1.53. The fourth-order valence-electron chi connectivity index (χ4n) is 2.54. The zero-order valence-corrected chi connectivity index (χ0v) is 15.9. The smallest absolute Gasteiger partial charge is 0.224 e. The van der Waals surface area contributed by atoms with Crippen molar-refractivity contribution in [2.45, 2.75) is 39.7 Å². The Kier molecular flexibility index (Phi) is 8.29. The summed E-state index contributed by atoms with van der Waals surface area (Å²) in [5, 5.41) is 5.68. The Labute approximate surface area is 160 Å². The van der Waals surface area contributed by atoms with E-state index in [4.69, 9.17) is 4.74 Å². The van der Waals surface area contributed by atoms with Gasteiger partial charge in [0.2, 0.25) is 11.8 Å². The molecule has 144 valence electrons. The van der Waals surface area contributed by atoms with E-state index in [2.05, 4.69) is 22.5 Å². The third-order valence-electron chi connectivity index (χ3n) is 3.87. The second-order valence-electron chi connectivity index (χ2n) is 6.53. The number of carbonyl (C=O) groups is 2. The van der Waals surface area contributed by atoms with Gasteiger partial charge in [-0.2, -0.15) is 0 Å². The summed E-state index contributed by atoms with van der Waals surface area (Å²) in [5.74, 6) is 0.536. The molecule has 0 saturated carbocycles. The van der Waals surface area contributed by atoms with Gasteiger partial charge in [0, 0.05) is 24.7 Å². The van der Waals surface area contributed by atoms with Crippen molar-refractivity contribution in [3.05, 3.63) is 54.4 Å². The number of rotatable bonds is 10. The highest BCUT2D eigenvalue weighted by Gasteiger charge is 2.13. The molecule has 0 radical (unpaired) electrons. The Morgan fingerprint density at radius 3 is 2.48 bits per heavy atom. The van der Waals surface area contributed by atoms with E-state index in [-0.39, 0.29) is 24.2 Å². The largest absolute Gasteiger partial charge is 0.494 e. The van der Waals surface area contributed by atoms with Crippen LogP contribution in [0.4, 0.5) is 5.69 Å². The summed E-state index contributed by atoms with van der Waals surface area (Å²) < 4.78 is 5.52. The molecule has 27 heavy (non-hydrogen) atoms. The molecule has 0 aliphatic carbocycles. The Balaban J connectivity index is 1.70. The van der Waals surface area contributed by atoms with E-state index in [1.807, 2.05) is 49.4 Å². The highest BCUT2D eigenvalue weighted by atomic mass is 16.5. The third-order valence-corrected chi connectivity index (χ3v) is 3.87. The number of benzene rings is 1. The lowest BCUT2D eigenvalue weighted by Gasteiger charge is -2.12. The first-order valence-corrected chi connectivity index (χ1v) is 9.26. The van der Waals surface area contributed by atoms with Crippen LogP contribution in [0.1, 0.15) is 38.8 Å². The molecule has 2 aromatic rings. The number of aromatic nitrogens is 1. The van der Waals surface area contributed by atoms with E-state index < -0.39 is 0 Å². The van der Waals surface area contributed by atoms with Crippen LogP contribution in [0.3, 0.4) is 0 Å². The number of nitrogens with zero attached hydrogens (tertiary/aromatic N) is 1. The van der Waals surface area contributed by atoms with Crippen LogP contribution < -0.4 is 15.4 Å². The van der Waals surface area contributed by atoms with Crippen molar-refractivity contribution in [2.24, 2.45) is 5.92 Å². The van der Waals surface area contributed by atoms with Crippen LogP contribution in [0.15, 0.2) is 48.7 Å². The van der Waals surface area contributed by atoms with Crippen molar-refractivity contribution in [3.63, 3.8) is 0 Å². The predicted molar refractivity (Wildman–Crippen MR) is 105 cm³/mol. The predicted octanol–water partition coefficient (Wildman–Crippen LogP) is 3.54. The third kappa shape index (κ3) is 7.90. The van der Waals surface area contributed by atoms with Gasteiger partial charge in [-0.25, -0.2) is 0 Å². The van der Waals surface area contributed by atoms with E-state index in [0.29, 0.717) is 19.6 Å². The Hall–Kier alpha value is -2.89. The van der Waals surface area contributed by atoms with Crippen LogP contribution in [0, 0.1) is 5.92 Å². The molecule has 1 aromatic heterocycles. The highest BCUT2D eigenvalue weighted by molar-refractivity contribution is 5.91. The van der Waals surface area contributed by atoms with Gasteiger partial charge >= 0.3 is 0 Å². The molecule has 0 aliphatic rings. The summed E-state index contributed by atoms with van der Waals surface area (Å²) in [6, 6.07) is 12.9. The van der Waals surface area contributed by atoms with Crippen molar-refractivity contribution < 1.29 is 14.3 Å². The lowest BCUT2D eigenvalue weighted by Crippen LogP contribution is -2.26. The Morgan fingerprint density at radius 1 is 1.07 bits per heavy atom. The van der Waals surface area contributed by atoms with Gasteiger partial charge in [0.15, 0.2) is 0 Å². The molecule has 6 nitrogen and oxygen atoms in total. The number of carbonyl (C=O) groups excluding carboxylic acids is 2. The second kappa shape index (κ2) is 11.0. The minimum atomic E-state index is -0.109. The lowest BCUT2D eigenvalue weighted by molar-refractivity contribution is -0.122. The molecule has 1 unspecified atom stereocenters. The van der Waals surface area contributed by atoms with Gasteiger partial charge in [-0.05, 0) is 48.7 Å². The fourth-order valence-corrected chi connectivity index (χ4v) is 2.54. The quantitative estimate of drug-likeness (QED) is 0.671. The molecule has 1 atom stereocenters. The van der Waals surface area contributed by atoms with Crippen LogP contribution in [-0.2, 0) is 16.1 Å². The summed E-state index contributed by atoms with van der Waals surface area (Å²) in [7, 11) is 0. The number of ether oxygens (including phenoxy) is 1. The second-order valence-corrected chi connectivity index (χ2v) is 6.53. The Bertz CT molecular complexity index is 717. The van der Waals surface area contributed by atoms with E-state index in [1.165, 1.54) is 0 Å². The van der Waals surface area contributed by atoms with Crippen molar-refractivity contribution >= 4 is 17.5 Å². The maximum Gasteiger partial charge on any atom is 0.224 e. The fraction of sp³-hybridized carbons (Fsp3) is 0.381. The maximum absolute atomic E-state index is 12.2. The maximum atomic E-state index is 12.2. The first kappa shape index (κ1) is 20.4. The van der Waals surface area contributed by atoms with Gasteiger partial charge in [-0.3, -0.25) is 14.6 Å². The average molecular weight is 369 g/mol. The molecule has 0 fully saturated rings. The van der Waals surface area contributed by atoms with E-state index in [1.54, 1.807) is 6.20 Å². The molecule has 0 bridgehead atoms. The first-order valence-electron chi connectivity index (χ1n) is 9.26. The van der Waals surface area contributed by atoms with Gasteiger partial charge in [0.25, 0.3) is 0 Å². The average Bonchev–Trinajstić information content (AvgIpc) is 2.66. The summed E-state index contributed by atoms with van der Waals surface area (Å²) in [4.78, 5) is 28.3. The molecule has 0 aliphatic heterocycles. The molecule has 2 rings (SSSR count). The van der Waals surface area contributed by atoms with Crippen LogP contribution in [0.2, 0.25) is 0 Å². The molecular weight excluding hydrogens is 342 g/mol. The van der Waals surface area contributed by atoms with Gasteiger partial charge in [-0.1, -0.05) is 19.9 Å². The highest BCUT2D eigenvalue weighted by Crippen LogP contribution is 2.17. The molecule has 1 aromatic carbocycles. The van der Waals surface area contributed by atoms with Crippen molar-refractivity contribution in [3.8, 4) is 5.75 Å². The normalized spacial score (nSPS) is 11.5. The van der Waals surface area contributed by atoms with Crippen molar-refractivity contribution in [2.75, 3.05) is 11.9 Å². The van der Waals surface area contributed by atoms with Crippen molar-refractivity contribution in [1.29, 1.82) is 0 Å². The molecule has 6 heteroatoms. The number of hydrogen-bond acceptors (Lipinski definition) is 4. The molecule has 2 N–H and O–H groups in total. The number of hydrogen-bond donors (Lipinski definition) is 2. The van der Waals surface area contributed by atoms with Crippen LogP contribution >= 0.6 is 0 Å². The number of amides is 2. The number of nitrogens with one attached hydrogen (secondary N) is 2. The first-order chi connectivity index (χ1) is 13.1. The minimum Gasteiger partial charge on any atom is -0.494 e. The van der Waals surface area contributed by atoms with Gasteiger partial charge in [0.1, 0.15) is 5.75 Å².